The van der Waals surface area contributed by atoms with E-state index in [0.29, 0.717) is 29.1 Å². The normalized spacial score (nSPS) is 11.3. The van der Waals surface area contributed by atoms with Crippen LogP contribution in [0.3, 0.4) is 0 Å². The fourth-order valence-corrected chi connectivity index (χ4v) is 4.49. The van der Waals surface area contributed by atoms with E-state index < -0.39 is 15.9 Å². The van der Waals surface area contributed by atoms with Gasteiger partial charge in [0.2, 0.25) is 10.0 Å². The van der Waals surface area contributed by atoms with Crippen molar-refractivity contribution in [1.82, 2.24) is 19.5 Å². The van der Waals surface area contributed by atoms with E-state index >= 15 is 0 Å². The maximum Gasteiger partial charge on any atom is 0.259 e. The first-order valence-corrected chi connectivity index (χ1v) is 12.4. The van der Waals surface area contributed by atoms with Gasteiger partial charge in [-0.2, -0.15) is 5.10 Å². The molecule has 34 heavy (non-hydrogen) atoms. The molecule has 0 radical (unpaired) electrons. The number of rotatable bonds is 9. The molecule has 0 aliphatic heterocycles. The first kappa shape index (κ1) is 23.3. The van der Waals surface area contributed by atoms with Crippen LogP contribution in [0.25, 0.3) is 16.9 Å². The molecule has 2 heterocycles. The van der Waals surface area contributed by atoms with Gasteiger partial charge in [-0.05, 0) is 48.9 Å². The maximum absolute atomic E-state index is 13.3. The van der Waals surface area contributed by atoms with Gasteiger partial charge in [0.25, 0.3) is 5.91 Å². The van der Waals surface area contributed by atoms with E-state index in [1.807, 2.05) is 43.3 Å². The lowest BCUT2D eigenvalue weighted by molar-refractivity contribution is 0.102. The van der Waals surface area contributed by atoms with Crippen molar-refractivity contribution in [3.63, 3.8) is 0 Å². The first-order chi connectivity index (χ1) is 16.5. The molecule has 2 aromatic heterocycles. The lowest BCUT2D eigenvalue weighted by Gasteiger charge is -2.09. The minimum atomic E-state index is -3.66. The first-order valence-electron chi connectivity index (χ1n) is 10.9. The molecule has 0 spiro atoms. The van der Waals surface area contributed by atoms with Gasteiger partial charge in [-0.3, -0.25) is 9.78 Å². The van der Waals surface area contributed by atoms with Crippen LogP contribution in [0.15, 0.2) is 90.2 Å². The van der Waals surface area contributed by atoms with Gasteiger partial charge in [0.1, 0.15) is 5.69 Å². The summed E-state index contributed by atoms with van der Waals surface area (Å²) in [5.41, 5.74) is 2.68. The van der Waals surface area contributed by atoms with E-state index in [1.165, 1.54) is 12.1 Å². The number of nitrogens with one attached hydrogen (secondary N) is 2. The predicted octanol–water partition coefficient (Wildman–Crippen LogP) is 4.27. The third-order valence-corrected chi connectivity index (χ3v) is 6.60. The van der Waals surface area contributed by atoms with Crippen molar-refractivity contribution in [3.05, 3.63) is 90.9 Å². The molecule has 8 nitrogen and oxygen atoms in total. The Balaban J connectivity index is 1.64. The van der Waals surface area contributed by atoms with Gasteiger partial charge in [-0.1, -0.05) is 37.6 Å². The van der Waals surface area contributed by atoms with Crippen LogP contribution in [0.1, 0.15) is 30.1 Å². The summed E-state index contributed by atoms with van der Waals surface area (Å²) in [4.78, 5) is 17.5. The Morgan fingerprint density at radius 2 is 1.85 bits per heavy atom. The number of pyridine rings is 1. The molecule has 0 bridgehead atoms. The van der Waals surface area contributed by atoms with Crippen molar-refractivity contribution in [1.29, 1.82) is 0 Å². The van der Waals surface area contributed by atoms with E-state index in [0.717, 1.165) is 18.5 Å². The van der Waals surface area contributed by atoms with Gasteiger partial charge >= 0.3 is 0 Å². The summed E-state index contributed by atoms with van der Waals surface area (Å²) in [6.07, 6.45) is 6.58. The van der Waals surface area contributed by atoms with Crippen LogP contribution in [0, 0.1) is 0 Å². The minimum absolute atomic E-state index is 0.0915. The number of hydrogen-bond donors (Lipinski definition) is 2. The lowest BCUT2D eigenvalue weighted by atomic mass is 10.1. The summed E-state index contributed by atoms with van der Waals surface area (Å²) in [7, 11) is -3.66. The van der Waals surface area contributed by atoms with E-state index in [2.05, 4.69) is 20.1 Å². The Morgan fingerprint density at radius 3 is 2.59 bits per heavy atom. The molecule has 4 aromatic rings. The third-order valence-electron chi connectivity index (χ3n) is 5.14. The van der Waals surface area contributed by atoms with E-state index in [4.69, 9.17) is 0 Å². The highest BCUT2D eigenvalue weighted by atomic mass is 32.2. The van der Waals surface area contributed by atoms with E-state index in [-0.39, 0.29) is 4.90 Å². The van der Waals surface area contributed by atoms with Crippen LogP contribution in [-0.4, -0.2) is 35.6 Å². The number of amides is 1. The zero-order valence-electron chi connectivity index (χ0n) is 18.7. The predicted molar refractivity (Wildman–Crippen MR) is 131 cm³/mol. The largest absolute Gasteiger partial charge is 0.322 e. The van der Waals surface area contributed by atoms with Gasteiger partial charge in [0.15, 0.2) is 0 Å². The molecule has 0 atom stereocenters. The zero-order valence-corrected chi connectivity index (χ0v) is 19.5. The van der Waals surface area contributed by atoms with Crippen LogP contribution in [0.4, 0.5) is 5.69 Å². The molecule has 0 saturated carbocycles. The van der Waals surface area contributed by atoms with E-state index in [1.54, 1.807) is 41.5 Å². The monoisotopic (exact) mass is 475 g/mol. The van der Waals surface area contributed by atoms with Gasteiger partial charge in [-0.25, -0.2) is 17.8 Å². The Kier molecular flexibility index (Phi) is 7.15. The quantitative estimate of drug-likeness (QED) is 0.352. The Hall–Kier alpha value is -3.82. The molecule has 0 aliphatic rings. The smallest absolute Gasteiger partial charge is 0.259 e. The van der Waals surface area contributed by atoms with Crippen molar-refractivity contribution >= 4 is 21.6 Å². The van der Waals surface area contributed by atoms with Crippen LogP contribution in [0.5, 0.6) is 0 Å². The summed E-state index contributed by atoms with van der Waals surface area (Å²) in [6.45, 7) is 2.35. The van der Waals surface area contributed by atoms with Crippen molar-refractivity contribution in [2.75, 3.05) is 11.9 Å². The second-order valence-corrected chi connectivity index (χ2v) is 9.41. The van der Waals surface area contributed by atoms with Gasteiger partial charge < -0.3 is 5.32 Å². The summed E-state index contributed by atoms with van der Waals surface area (Å²) in [5.74, 6) is -0.408. The van der Waals surface area contributed by atoms with Gasteiger partial charge in [-0.15, -0.1) is 0 Å². The van der Waals surface area contributed by atoms with Crippen molar-refractivity contribution < 1.29 is 13.2 Å². The zero-order chi connectivity index (χ0) is 24.0. The van der Waals surface area contributed by atoms with Crippen molar-refractivity contribution in [3.8, 4) is 16.9 Å². The average molecular weight is 476 g/mol. The molecule has 0 saturated heterocycles. The molecule has 0 unspecified atom stereocenters. The standard InChI is InChI=1S/C25H25N5O3S/c1-2-3-15-27-34(32,33)22-13-7-10-20(16-22)28-25(31)23-18-30(21-11-5-4-6-12-21)29-24(23)19-9-8-14-26-17-19/h4-14,16-18,27H,2-3,15H2,1H3,(H,28,31). The summed E-state index contributed by atoms with van der Waals surface area (Å²) >= 11 is 0. The number of hydrogen-bond acceptors (Lipinski definition) is 5. The molecule has 4 rings (SSSR count). The SMILES string of the molecule is CCCCNS(=O)(=O)c1cccc(NC(=O)c2cn(-c3ccccc3)nc2-c2cccnc2)c1. The second-order valence-electron chi connectivity index (χ2n) is 7.65. The van der Waals surface area contributed by atoms with Crippen molar-refractivity contribution in [2.24, 2.45) is 0 Å². The molecule has 0 aliphatic carbocycles. The average Bonchev–Trinajstić information content (AvgIpc) is 3.31. The molecule has 2 aromatic carbocycles. The van der Waals surface area contributed by atoms with Crippen LogP contribution >= 0.6 is 0 Å². The Bertz CT molecular complexity index is 1370. The number of aromatic nitrogens is 3. The number of benzene rings is 2. The number of carbonyl (C=O) groups is 1. The minimum Gasteiger partial charge on any atom is -0.322 e. The molecule has 1 amide bonds. The fraction of sp³-hybridized carbons (Fsp3) is 0.160. The number of sulfonamides is 1. The Labute approximate surface area is 198 Å². The van der Waals surface area contributed by atoms with Crippen LogP contribution in [-0.2, 0) is 10.0 Å². The van der Waals surface area contributed by atoms with Crippen LogP contribution in [0.2, 0.25) is 0 Å². The molecule has 0 fully saturated rings. The maximum atomic E-state index is 13.3. The third kappa shape index (κ3) is 5.38. The summed E-state index contributed by atoms with van der Waals surface area (Å²) in [5, 5.41) is 7.43. The number of para-hydroxylation sites is 1. The van der Waals surface area contributed by atoms with Crippen LogP contribution < -0.4 is 10.0 Å². The topological polar surface area (TPSA) is 106 Å². The number of carbonyl (C=O) groups excluding carboxylic acids is 1. The molecule has 9 heteroatoms. The lowest BCUT2D eigenvalue weighted by Crippen LogP contribution is -2.24. The highest BCUT2D eigenvalue weighted by Crippen LogP contribution is 2.25. The van der Waals surface area contributed by atoms with Gasteiger partial charge in [0, 0.05) is 36.4 Å². The number of unbranched alkanes of at least 4 members (excludes halogenated alkanes) is 1. The number of nitrogens with zero attached hydrogens (tertiary/aromatic N) is 3. The fourth-order valence-electron chi connectivity index (χ4n) is 3.38. The molecule has 174 valence electrons. The van der Waals surface area contributed by atoms with E-state index in [9.17, 15) is 13.2 Å². The second kappa shape index (κ2) is 10.4. The number of anilines is 1. The molecular weight excluding hydrogens is 450 g/mol. The molecule has 2 N–H and O–H groups in total. The highest BCUT2D eigenvalue weighted by molar-refractivity contribution is 7.89. The van der Waals surface area contributed by atoms with Crippen molar-refractivity contribution in [2.45, 2.75) is 24.7 Å². The molecular formula is C25H25N5O3S. The summed E-state index contributed by atoms with van der Waals surface area (Å²) < 4.78 is 29.4. The highest BCUT2D eigenvalue weighted by Gasteiger charge is 2.20. The van der Waals surface area contributed by atoms with Gasteiger partial charge in [0.05, 0.1) is 16.1 Å². The Morgan fingerprint density at radius 1 is 1.03 bits per heavy atom. The summed E-state index contributed by atoms with van der Waals surface area (Å²) in [6, 6.07) is 19.3.